The van der Waals surface area contributed by atoms with E-state index >= 15 is 0 Å². The molecule has 29 heavy (non-hydrogen) atoms. The van der Waals surface area contributed by atoms with Gasteiger partial charge < -0.3 is 10.2 Å². The van der Waals surface area contributed by atoms with Gasteiger partial charge in [0.1, 0.15) is 17.3 Å². The normalized spacial score (nSPS) is 15.7. The largest absolute Gasteiger partial charge is 0.354 e. The van der Waals surface area contributed by atoms with Gasteiger partial charge in [0, 0.05) is 44.3 Å². The van der Waals surface area contributed by atoms with E-state index in [4.69, 9.17) is 0 Å². The molecule has 1 amide bonds. The van der Waals surface area contributed by atoms with E-state index in [-0.39, 0.29) is 11.4 Å². The minimum absolute atomic E-state index is 0.158. The van der Waals surface area contributed by atoms with Gasteiger partial charge in [-0.1, -0.05) is 42.5 Å². The van der Waals surface area contributed by atoms with E-state index in [1.807, 2.05) is 33.8 Å². The summed E-state index contributed by atoms with van der Waals surface area (Å²) in [6, 6.07) is 12.2. The Labute approximate surface area is 173 Å². The van der Waals surface area contributed by atoms with E-state index in [2.05, 4.69) is 61.5 Å². The quantitative estimate of drug-likeness (QED) is 0.846. The highest BCUT2D eigenvalue weighted by Crippen LogP contribution is 2.16. The number of hydrogen-bond acceptors (Lipinski definition) is 5. The number of nitrogens with zero attached hydrogens (tertiary/aromatic N) is 4. The molecule has 6 nitrogen and oxygen atoms in total. The number of aromatic nitrogens is 2. The van der Waals surface area contributed by atoms with Crippen LogP contribution >= 0.6 is 0 Å². The van der Waals surface area contributed by atoms with E-state index in [0.29, 0.717) is 11.5 Å². The zero-order valence-corrected chi connectivity index (χ0v) is 17.9. The number of rotatable bonds is 5. The summed E-state index contributed by atoms with van der Waals surface area (Å²) in [6.45, 7) is 12.4. The van der Waals surface area contributed by atoms with Gasteiger partial charge in [-0.15, -0.1) is 0 Å². The fourth-order valence-corrected chi connectivity index (χ4v) is 3.30. The molecule has 1 aliphatic heterocycles. The van der Waals surface area contributed by atoms with Crippen molar-refractivity contribution in [3.8, 4) is 0 Å². The maximum atomic E-state index is 12.5. The topological polar surface area (TPSA) is 61.4 Å². The lowest BCUT2D eigenvalue weighted by atomic mass is 10.1. The Balaban J connectivity index is 1.57. The molecular formula is C23H31N5O. The molecule has 2 aromatic rings. The number of carbonyl (C=O) groups is 1. The molecule has 0 spiro atoms. The molecule has 1 N–H and O–H groups in total. The van der Waals surface area contributed by atoms with Crippen molar-refractivity contribution in [2.45, 2.75) is 33.2 Å². The lowest BCUT2D eigenvalue weighted by molar-refractivity contribution is 0.0914. The minimum Gasteiger partial charge on any atom is -0.354 e. The van der Waals surface area contributed by atoms with Gasteiger partial charge in [0.25, 0.3) is 5.91 Å². The molecule has 6 heteroatoms. The molecule has 1 saturated heterocycles. The Kier molecular flexibility index (Phi) is 6.64. The first kappa shape index (κ1) is 21.0. The SMILES string of the molecule is Cc1nc(C(=O)NC(C)(C)C)cc(N2CCN(C/C=C/c3ccccc3)CC2)n1. The second-order valence-corrected chi connectivity index (χ2v) is 8.46. The zero-order valence-electron chi connectivity index (χ0n) is 17.9. The molecule has 2 heterocycles. The molecule has 0 unspecified atom stereocenters. The number of nitrogens with one attached hydrogen (secondary N) is 1. The van der Waals surface area contributed by atoms with Crippen LogP contribution in [-0.4, -0.2) is 59.0 Å². The average molecular weight is 394 g/mol. The number of carbonyl (C=O) groups excluding carboxylic acids is 1. The van der Waals surface area contributed by atoms with E-state index in [1.54, 1.807) is 6.07 Å². The Morgan fingerprint density at radius 2 is 1.79 bits per heavy atom. The van der Waals surface area contributed by atoms with E-state index in [1.165, 1.54) is 5.56 Å². The number of piperazine rings is 1. The third kappa shape index (κ3) is 6.39. The third-order valence-corrected chi connectivity index (χ3v) is 4.72. The second kappa shape index (κ2) is 9.18. The molecule has 1 aromatic carbocycles. The van der Waals surface area contributed by atoms with Gasteiger partial charge in [0.15, 0.2) is 0 Å². The number of hydrogen-bond donors (Lipinski definition) is 1. The summed E-state index contributed by atoms with van der Waals surface area (Å²) >= 11 is 0. The predicted molar refractivity (Wildman–Crippen MR) is 118 cm³/mol. The number of anilines is 1. The van der Waals surface area contributed by atoms with Crippen molar-refractivity contribution >= 4 is 17.8 Å². The molecule has 0 aliphatic carbocycles. The Morgan fingerprint density at radius 1 is 1.10 bits per heavy atom. The zero-order chi connectivity index (χ0) is 20.9. The van der Waals surface area contributed by atoms with Crippen molar-refractivity contribution in [3.05, 3.63) is 59.6 Å². The summed E-state index contributed by atoms with van der Waals surface area (Å²) < 4.78 is 0. The van der Waals surface area contributed by atoms with Gasteiger partial charge in [0.05, 0.1) is 0 Å². The molecule has 1 fully saturated rings. The monoisotopic (exact) mass is 393 g/mol. The maximum Gasteiger partial charge on any atom is 0.270 e. The van der Waals surface area contributed by atoms with Crippen LogP contribution in [0, 0.1) is 6.92 Å². The van der Waals surface area contributed by atoms with Gasteiger partial charge in [0.2, 0.25) is 0 Å². The van der Waals surface area contributed by atoms with Gasteiger partial charge in [-0.05, 0) is 33.3 Å². The number of benzene rings is 1. The van der Waals surface area contributed by atoms with Gasteiger partial charge in [-0.25, -0.2) is 9.97 Å². The standard InChI is InChI=1S/C23H31N5O/c1-18-24-20(22(29)26-23(2,3)4)17-21(25-18)28-15-13-27(14-16-28)12-8-11-19-9-6-5-7-10-19/h5-11,17H,12-16H2,1-4H3,(H,26,29)/b11-8+. The van der Waals surface area contributed by atoms with Crippen LogP contribution in [0.4, 0.5) is 5.82 Å². The summed E-state index contributed by atoms with van der Waals surface area (Å²) in [5, 5.41) is 2.97. The lowest BCUT2D eigenvalue weighted by Gasteiger charge is -2.35. The minimum atomic E-state index is -0.297. The van der Waals surface area contributed by atoms with Crippen LogP contribution in [0.3, 0.4) is 0 Å². The van der Waals surface area contributed by atoms with Crippen molar-refractivity contribution in [1.29, 1.82) is 0 Å². The van der Waals surface area contributed by atoms with Crippen molar-refractivity contribution in [2.24, 2.45) is 0 Å². The molecule has 0 saturated carbocycles. The van der Waals surface area contributed by atoms with Crippen LogP contribution < -0.4 is 10.2 Å². The van der Waals surface area contributed by atoms with Crippen LogP contribution in [0.15, 0.2) is 42.5 Å². The van der Waals surface area contributed by atoms with Crippen molar-refractivity contribution in [3.63, 3.8) is 0 Å². The highest BCUT2D eigenvalue weighted by Gasteiger charge is 2.21. The predicted octanol–water partition coefficient (Wildman–Crippen LogP) is 3.15. The summed E-state index contributed by atoms with van der Waals surface area (Å²) in [5.74, 6) is 1.29. The molecule has 154 valence electrons. The number of aryl methyl sites for hydroxylation is 1. The highest BCUT2D eigenvalue weighted by atomic mass is 16.2. The molecule has 0 radical (unpaired) electrons. The smallest absolute Gasteiger partial charge is 0.270 e. The molecule has 1 aromatic heterocycles. The summed E-state index contributed by atoms with van der Waals surface area (Å²) in [5.41, 5.74) is 1.36. The molecule has 0 bridgehead atoms. The van der Waals surface area contributed by atoms with Gasteiger partial charge >= 0.3 is 0 Å². The second-order valence-electron chi connectivity index (χ2n) is 8.46. The third-order valence-electron chi connectivity index (χ3n) is 4.72. The Morgan fingerprint density at radius 3 is 2.45 bits per heavy atom. The van der Waals surface area contributed by atoms with Crippen LogP contribution in [-0.2, 0) is 0 Å². The van der Waals surface area contributed by atoms with Crippen molar-refractivity contribution in [2.75, 3.05) is 37.6 Å². The van der Waals surface area contributed by atoms with E-state index < -0.39 is 0 Å². The first-order valence-corrected chi connectivity index (χ1v) is 10.2. The highest BCUT2D eigenvalue weighted by molar-refractivity contribution is 5.93. The van der Waals surface area contributed by atoms with Crippen molar-refractivity contribution < 1.29 is 4.79 Å². The van der Waals surface area contributed by atoms with Gasteiger partial charge in [-0.2, -0.15) is 0 Å². The first-order chi connectivity index (χ1) is 13.8. The fraction of sp³-hybridized carbons (Fsp3) is 0.435. The van der Waals surface area contributed by atoms with Crippen molar-refractivity contribution in [1.82, 2.24) is 20.2 Å². The van der Waals surface area contributed by atoms with Crippen LogP contribution in [0.1, 0.15) is 42.6 Å². The number of amides is 1. The average Bonchev–Trinajstić information content (AvgIpc) is 2.67. The Bertz CT molecular complexity index is 849. The maximum absolute atomic E-state index is 12.5. The van der Waals surface area contributed by atoms with Crippen LogP contribution in [0.5, 0.6) is 0 Å². The summed E-state index contributed by atoms with van der Waals surface area (Å²) in [6.07, 6.45) is 4.38. The molecule has 0 atom stereocenters. The lowest BCUT2D eigenvalue weighted by Crippen LogP contribution is -2.47. The molecule has 3 rings (SSSR count). The first-order valence-electron chi connectivity index (χ1n) is 10.2. The van der Waals surface area contributed by atoms with E-state index in [9.17, 15) is 4.79 Å². The van der Waals surface area contributed by atoms with Gasteiger partial charge in [-0.3, -0.25) is 9.69 Å². The van der Waals surface area contributed by atoms with Crippen LogP contribution in [0.25, 0.3) is 6.08 Å². The van der Waals surface area contributed by atoms with Crippen LogP contribution in [0.2, 0.25) is 0 Å². The molecular weight excluding hydrogens is 362 g/mol. The van der Waals surface area contributed by atoms with E-state index in [0.717, 1.165) is 38.5 Å². The Hall–Kier alpha value is -2.73. The summed E-state index contributed by atoms with van der Waals surface area (Å²) in [4.78, 5) is 26.1. The fourth-order valence-electron chi connectivity index (χ4n) is 3.30. The molecule has 1 aliphatic rings. The summed E-state index contributed by atoms with van der Waals surface area (Å²) in [7, 11) is 0.